The van der Waals surface area contributed by atoms with E-state index in [1.54, 1.807) is 12.3 Å². The van der Waals surface area contributed by atoms with Gasteiger partial charge in [-0.05, 0) is 17.9 Å². The van der Waals surface area contributed by atoms with Crippen LogP contribution < -0.4 is 0 Å². The van der Waals surface area contributed by atoms with Crippen LogP contribution in [0.2, 0.25) is 0 Å². The standard InChI is InChI=1S/C5H8O2S/c1-3-2-8-5(7)4(3)6/h2,4-7H,1H3/t4-,5-/m1/s1. The zero-order chi connectivity index (χ0) is 6.15. The lowest BCUT2D eigenvalue weighted by molar-refractivity contribution is 0.103. The molecule has 0 aromatic heterocycles. The molecule has 0 saturated carbocycles. The fourth-order valence-corrected chi connectivity index (χ4v) is 1.40. The quantitative estimate of drug-likeness (QED) is 0.498. The molecule has 1 rings (SSSR count). The summed E-state index contributed by atoms with van der Waals surface area (Å²) in [5.41, 5.74) is 0.220. The summed E-state index contributed by atoms with van der Waals surface area (Å²) < 4.78 is 0. The fraction of sp³-hybridized carbons (Fsp3) is 0.600. The second-order valence-corrected chi connectivity index (χ2v) is 2.82. The predicted molar refractivity (Wildman–Crippen MR) is 33.4 cm³/mol. The summed E-state index contributed by atoms with van der Waals surface area (Å²) >= 11 is 1.26. The van der Waals surface area contributed by atoms with Gasteiger partial charge in [-0.1, -0.05) is 11.8 Å². The van der Waals surface area contributed by atoms with Crippen molar-refractivity contribution in [2.24, 2.45) is 0 Å². The third kappa shape index (κ3) is 0.891. The number of thioether (sulfide) groups is 1. The molecule has 0 aromatic carbocycles. The first-order chi connectivity index (χ1) is 3.72. The van der Waals surface area contributed by atoms with Gasteiger partial charge in [-0.2, -0.15) is 0 Å². The monoisotopic (exact) mass is 132 g/mol. The van der Waals surface area contributed by atoms with Gasteiger partial charge < -0.3 is 10.2 Å². The van der Waals surface area contributed by atoms with Crippen molar-refractivity contribution < 1.29 is 10.2 Å². The van der Waals surface area contributed by atoms with Gasteiger partial charge in [-0.15, -0.1) is 0 Å². The Morgan fingerprint density at radius 3 is 2.38 bits per heavy atom. The smallest absolute Gasteiger partial charge is 0.133 e. The van der Waals surface area contributed by atoms with Crippen molar-refractivity contribution in [3.63, 3.8) is 0 Å². The van der Waals surface area contributed by atoms with Gasteiger partial charge in [0, 0.05) is 0 Å². The van der Waals surface area contributed by atoms with Crippen LogP contribution in [0.25, 0.3) is 0 Å². The van der Waals surface area contributed by atoms with Crippen LogP contribution in [0.4, 0.5) is 0 Å². The SMILES string of the molecule is CC1=CS[C@@H](O)[C@@H]1O. The third-order valence-corrected chi connectivity index (χ3v) is 2.17. The molecule has 0 aromatic rings. The Morgan fingerprint density at radius 1 is 1.62 bits per heavy atom. The van der Waals surface area contributed by atoms with Crippen molar-refractivity contribution in [1.82, 2.24) is 0 Å². The van der Waals surface area contributed by atoms with Crippen molar-refractivity contribution in [2.45, 2.75) is 18.5 Å². The van der Waals surface area contributed by atoms with E-state index in [0.717, 1.165) is 5.57 Å². The molecule has 0 unspecified atom stereocenters. The highest BCUT2D eigenvalue weighted by atomic mass is 32.2. The molecule has 0 bridgehead atoms. The van der Waals surface area contributed by atoms with Gasteiger partial charge in [0.25, 0.3) is 0 Å². The highest BCUT2D eigenvalue weighted by Crippen LogP contribution is 2.27. The van der Waals surface area contributed by atoms with Crippen molar-refractivity contribution >= 4 is 11.8 Å². The average Bonchev–Trinajstić information content (AvgIpc) is 1.98. The Hall–Kier alpha value is 0.01000. The molecule has 1 heterocycles. The second kappa shape index (κ2) is 2.09. The molecule has 0 radical (unpaired) electrons. The number of aliphatic hydroxyl groups excluding tert-OH is 2. The Balaban J connectivity index is 2.59. The number of rotatable bonds is 0. The minimum absolute atomic E-state index is 0.630. The van der Waals surface area contributed by atoms with E-state index in [9.17, 15) is 0 Å². The van der Waals surface area contributed by atoms with Gasteiger partial charge in [-0.3, -0.25) is 0 Å². The summed E-state index contributed by atoms with van der Waals surface area (Å²) in [5.74, 6) is 0. The van der Waals surface area contributed by atoms with E-state index in [2.05, 4.69) is 0 Å². The molecular formula is C5H8O2S. The number of hydrogen-bond donors (Lipinski definition) is 2. The summed E-state index contributed by atoms with van der Waals surface area (Å²) in [6.45, 7) is 1.80. The molecule has 1 aliphatic rings. The summed E-state index contributed by atoms with van der Waals surface area (Å²) in [6.07, 6.45) is -0.639. The molecule has 0 saturated heterocycles. The van der Waals surface area contributed by atoms with E-state index in [1.165, 1.54) is 11.8 Å². The highest BCUT2D eigenvalue weighted by molar-refractivity contribution is 8.02. The summed E-state index contributed by atoms with van der Waals surface area (Å²) in [6, 6.07) is 0. The summed E-state index contributed by atoms with van der Waals surface area (Å²) in [4.78, 5) is 0. The van der Waals surface area contributed by atoms with Crippen molar-refractivity contribution in [1.29, 1.82) is 0 Å². The van der Waals surface area contributed by atoms with Gasteiger partial charge in [0.15, 0.2) is 0 Å². The second-order valence-electron chi connectivity index (χ2n) is 1.83. The van der Waals surface area contributed by atoms with Gasteiger partial charge in [-0.25, -0.2) is 0 Å². The van der Waals surface area contributed by atoms with E-state index in [0.29, 0.717) is 0 Å². The van der Waals surface area contributed by atoms with E-state index in [4.69, 9.17) is 10.2 Å². The lowest BCUT2D eigenvalue weighted by Crippen LogP contribution is -2.18. The zero-order valence-corrected chi connectivity index (χ0v) is 5.35. The Bertz CT molecular complexity index is 122. The maximum absolute atomic E-state index is 8.93. The van der Waals surface area contributed by atoms with Gasteiger partial charge in [0.1, 0.15) is 11.5 Å². The minimum atomic E-state index is -0.639. The first-order valence-electron chi connectivity index (χ1n) is 2.40. The molecule has 3 heteroatoms. The topological polar surface area (TPSA) is 40.5 Å². The van der Waals surface area contributed by atoms with Crippen LogP contribution in [0.5, 0.6) is 0 Å². The van der Waals surface area contributed by atoms with Crippen LogP contribution in [-0.2, 0) is 0 Å². The molecule has 2 atom stereocenters. The molecule has 2 nitrogen and oxygen atoms in total. The molecule has 0 aliphatic carbocycles. The molecule has 0 amide bonds. The van der Waals surface area contributed by atoms with Gasteiger partial charge in [0.2, 0.25) is 0 Å². The lowest BCUT2D eigenvalue weighted by Gasteiger charge is -2.06. The maximum Gasteiger partial charge on any atom is 0.133 e. The Kier molecular flexibility index (Phi) is 1.60. The minimum Gasteiger partial charge on any atom is -0.385 e. The van der Waals surface area contributed by atoms with E-state index in [-0.39, 0.29) is 0 Å². The Morgan fingerprint density at radius 2 is 2.25 bits per heavy atom. The molecule has 46 valence electrons. The molecule has 1 aliphatic heterocycles. The van der Waals surface area contributed by atoms with Crippen LogP contribution in [0.15, 0.2) is 11.0 Å². The van der Waals surface area contributed by atoms with Crippen LogP contribution in [0, 0.1) is 0 Å². The largest absolute Gasteiger partial charge is 0.385 e. The fourth-order valence-electron chi connectivity index (χ4n) is 0.546. The Labute approximate surface area is 52.2 Å². The highest BCUT2D eigenvalue weighted by Gasteiger charge is 2.22. The van der Waals surface area contributed by atoms with Crippen LogP contribution in [-0.4, -0.2) is 21.8 Å². The van der Waals surface area contributed by atoms with Gasteiger partial charge >= 0.3 is 0 Å². The first kappa shape index (κ1) is 6.13. The predicted octanol–water partition coefficient (Wildman–Crippen LogP) is 0.316. The number of hydrogen-bond acceptors (Lipinski definition) is 3. The van der Waals surface area contributed by atoms with E-state index >= 15 is 0 Å². The molecule has 8 heavy (non-hydrogen) atoms. The maximum atomic E-state index is 8.93. The van der Waals surface area contributed by atoms with E-state index < -0.39 is 11.5 Å². The first-order valence-corrected chi connectivity index (χ1v) is 3.34. The van der Waals surface area contributed by atoms with Crippen molar-refractivity contribution in [3.05, 3.63) is 11.0 Å². The van der Waals surface area contributed by atoms with Crippen LogP contribution >= 0.6 is 11.8 Å². The average molecular weight is 132 g/mol. The molecular weight excluding hydrogens is 124 g/mol. The number of aliphatic hydroxyl groups is 2. The summed E-state index contributed by atoms with van der Waals surface area (Å²) in [7, 11) is 0. The zero-order valence-electron chi connectivity index (χ0n) is 4.53. The molecule has 0 fully saturated rings. The normalized spacial score (nSPS) is 37.6. The lowest BCUT2D eigenvalue weighted by atomic mass is 10.2. The van der Waals surface area contributed by atoms with Gasteiger partial charge in [0.05, 0.1) is 0 Å². The third-order valence-electron chi connectivity index (χ3n) is 1.13. The van der Waals surface area contributed by atoms with E-state index in [1.807, 2.05) is 0 Å². The molecule has 2 N–H and O–H groups in total. The van der Waals surface area contributed by atoms with Crippen molar-refractivity contribution in [3.8, 4) is 0 Å². The summed E-state index contributed by atoms with van der Waals surface area (Å²) in [5, 5.41) is 19.5. The van der Waals surface area contributed by atoms with Crippen LogP contribution in [0.1, 0.15) is 6.92 Å². The van der Waals surface area contributed by atoms with Crippen molar-refractivity contribution in [2.75, 3.05) is 0 Å². The molecule has 0 spiro atoms. The van der Waals surface area contributed by atoms with Crippen LogP contribution in [0.3, 0.4) is 0 Å².